The van der Waals surface area contributed by atoms with Gasteiger partial charge in [-0.25, -0.2) is 0 Å². The van der Waals surface area contributed by atoms with E-state index in [1.165, 1.54) is 12.8 Å². The molecule has 2 nitrogen and oxygen atoms in total. The van der Waals surface area contributed by atoms with Crippen LogP contribution in [0.3, 0.4) is 0 Å². The molecule has 1 heterocycles. The minimum absolute atomic E-state index is 0.243. The van der Waals surface area contributed by atoms with Crippen molar-refractivity contribution >= 4 is 6.21 Å². The molecule has 0 bridgehead atoms. The van der Waals surface area contributed by atoms with E-state index in [0.29, 0.717) is 3.55 Å². The Morgan fingerprint density at radius 3 is 2.80 bits per heavy atom. The van der Waals surface area contributed by atoms with Gasteiger partial charge in [0.2, 0.25) is 0 Å². The molecule has 0 spiro atoms. The molecule has 0 aromatic carbocycles. The first-order valence-corrected chi connectivity index (χ1v) is 6.64. The molecule has 1 aliphatic rings. The second-order valence-corrected chi connectivity index (χ2v) is 5.96. The van der Waals surface area contributed by atoms with Gasteiger partial charge < -0.3 is 0 Å². The van der Waals surface area contributed by atoms with Crippen molar-refractivity contribution in [2.75, 3.05) is 12.0 Å². The molecule has 0 fully saturated rings. The van der Waals surface area contributed by atoms with Crippen molar-refractivity contribution in [3.8, 4) is 0 Å². The summed E-state index contributed by atoms with van der Waals surface area (Å²) < 4.78 is 2.40. The van der Waals surface area contributed by atoms with Gasteiger partial charge in [0.15, 0.2) is 0 Å². The van der Waals surface area contributed by atoms with E-state index >= 15 is 0 Å². The zero-order valence-electron chi connectivity index (χ0n) is 6.72. The normalized spacial score (nSPS) is 32.5. The maximum absolute atomic E-state index is 5.22. The molecule has 0 radical (unpaired) electrons. The molecule has 1 atom stereocenters. The zero-order valence-corrected chi connectivity index (χ0v) is 8.88. The van der Waals surface area contributed by atoms with E-state index in [1.54, 1.807) is 7.11 Å². The van der Waals surface area contributed by atoms with Gasteiger partial charge in [-0.2, -0.15) is 0 Å². The van der Waals surface area contributed by atoms with Crippen molar-refractivity contribution in [3.63, 3.8) is 0 Å². The first-order chi connectivity index (χ1) is 4.73. The van der Waals surface area contributed by atoms with Gasteiger partial charge in [-0.05, 0) is 0 Å². The van der Waals surface area contributed by atoms with E-state index in [0.717, 1.165) is 0 Å². The second-order valence-electron chi connectivity index (χ2n) is 2.56. The Kier molecular flexibility index (Phi) is 2.55. The Labute approximate surface area is 72.5 Å². The van der Waals surface area contributed by atoms with Crippen LogP contribution in [0.25, 0.3) is 0 Å². The molecule has 0 saturated carbocycles. The Bertz CT molecular complexity index is 158. The van der Waals surface area contributed by atoms with Crippen LogP contribution in [-0.2, 0) is 4.84 Å². The van der Waals surface area contributed by atoms with Gasteiger partial charge in [-0.1, -0.05) is 0 Å². The van der Waals surface area contributed by atoms with Crippen LogP contribution < -0.4 is 21.2 Å². The number of halogens is 1. The van der Waals surface area contributed by atoms with Crippen molar-refractivity contribution in [1.29, 1.82) is 0 Å². The number of hydrogen-bond acceptors (Lipinski definition) is 1. The van der Waals surface area contributed by atoms with E-state index in [4.69, 9.17) is 4.84 Å². The molecule has 0 aromatic heterocycles. The molecular formula is C7H14INO. The molecular weight excluding hydrogens is 241 g/mol. The van der Waals surface area contributed by atoms with Crippen LogP contribution in [0.1, 0.15) is 19.8 Å². The summed E-state index contributed by atoms with van der Waals surface area (Å²) >= 11 is 0.243. The first-order valence-electron chi connectivity index (χ1n) is 3.40. The van der Waals surface area contributed by atoms with Crippen LogP contribution in [0.4, 0.5) is 0 Å². The third-order valence-corrected chi connectivity index (χ3v) is 5.30. The molecule has 60 valence electrons. The molecule has 0 N–H and O–H groups in total. The number of rotatable bonds is 2. The Hall–Kier alpha value is 0.200. The van der Waals surface area contributed by atoms with Crippen molar-refractivity contribution in [1.82, 2.24) is 0 Å². The van der Waals surface area contributed by atoms with Crippen LogP contribution in [-0.4, -0.2) is 26.5 Å². The molecule has 0 saturated heterocycles. The fourth-order valence-corrected chi connectivity index (χ4v) is 2.91. The average Bonchev–Trinajstić information content (AvgIpc) is 2.32. The molecule has 1 aliphatic heterocycles. The maximum atomic E-state index is 5.22. The zero-order chi connectivity index (χ0) is 7.61. The van der Waals surface area contributed by atoms with Gasteiger partial charge in [-0.15, -0.1) is 0 Å². The van der Waals surface area contributed by atoms with Gasteiger partial charge >= 0.3 is 72.3 Å². The van der Waals surface area contributed by atoms with E-state index < -0.39 is 0 Å². The van der Waals surface area contributed by atoms with Crippen molar-refractivity contribution < 1.29 is 30.8 Å². The van der Waals surface area contributed by atoms with E-state index in [9.17, 15) is 0 Å². The van der Waals surface area contributed by atoms with Crippen molar-refractivity contribution in [3.05, 3.63) is 0 Å². The Morgan fingerprint density at radius 2 is 2.40 bits per heavy atom. The second kappa shape index (κ2) is 3.07. The van der Waals surface area contributed by atoms with Crippen molar-refractivity contribution in [2.45, 2.75) is 23.3 Å². The van der Waals surface area contributed by atoms with Crippen LogP contribution in [0.2, 0.25) is 0 Å². The van der Waals surface area contributed by atoms with Gasteiger partial charge in [0.1, 0.15) is 0 Å². The standard InChI is InChI=1S/C7H14INO/c1-7(8-2)5-4-6-9(7)10-3/h6H,4-5H2,1-3H3. The monoisotopic (exact) mass is 255 g/mol. The molecule has 10 heavy (non-hydrogen) atoms. The summed E-state index contributed by atoms with van der Waals surface area (Å²) in [4.78, 5) is 7.53. The molecule has 1 rings (SSSR count). The molecule has 0 aromatic rings. The predicted molar refractivity (Wildman–Crippen MR) is 36.9 cm³/mol. The van der Waals surface area contributed by atoms with Crippen LogP contribution in [0.15, 0.2) is 0 Å². The van der Waals surface area contributed by atoms with Crippen LogP contribution in [0.5, 0.6) is 0 Å². The fourth-order valence-electron chi connectivity index (χ4n) is 1.19. The predicted octanol–water partition coefficient (Wildman–Crippen LogP) is -2.14. The van der Waals surface area contributed by atoms with Crippen LogP contribution >= 0.6 is 0 Å². The first kappa shape index (κ1) is 8.30. The summed E-state index contributed by atoms with van der Waals surface area (Å²) in [5.41, 5.74) is 0. The number of hydrogen-bond donors (Lipinski definition) is 0. The molecule has 3 heteroatoms. The van der Waals surface area contributed by atoms with E-state index in [1.807, 2.05) is 4.74 Å². The number of hydroxylamine groups is 1. The molecule has 1 unspecified atom stereocenters. The summed E-state index contributed by atoms with van der Waals surface area (Å²) in [6.07, 6.45) is 4.60. The van der Waals surface area contributed by atoms with Gasteiger partial charge in [0.25, 0.3) is 0 Å². The summed E-state index contributed by atoms with van der Waals surface area (Å²) in [6.45, 7) is 2.28. The van der Waals surface area contributed by atoms with Crippen LogP contribution in [0, 0.1) is 0 Å². The van der Waals surface area contributed by atoms with Gasteiger partial charge in [-0.3, -0.25) is 0 Å². The molecule has 0 amide bonds. The Morgan fingerprint density at radius 1 is 1.70 bits per heavy atom. The summed E-state index contributed by atoms with van der Waals surface area (Å²) in [7, 11) is 1.75. The van der Waals surface area contributed by atoms with Gasteiger partial charge in [0, 0.05) is 0 Å². The SMILES string of the molecule is CO[N+]1=CCCC1(C)[I-]C. The topological polar surface area (TPSA) is 12.2 Å². The minimum atomic E-state index is 0.243. The van der Waals surface area contributed by atoms with E-state index in [2.05, 4.69) is 18.1 Å². The third kappa shape index (κ3) is 1.28. The van der Waals surface area contributed by atoms with Crippen molar-refractivity contribution in [2.24, 2.45) is 0 Å². The van der Waals surface area contributed by atoms with Gasteiger partial charge in [0.05, 0.1) is 0 Å². The molecule has 0 aliphatic carbocycles. The Balaban J connectivity index is 2.70. The summed E-state index contributed by atoms with van der Waals surface area (Å²) in [6, 6.07) is 0. The quantitative estimate of drug-likeness (QED) is 0.237. The number of nitrogens with zero attached hydrogens (tertiary/aromatic N) is 1. The average molecular weight is 255 g/mol. The summed E-state index contributed by atoms with van der Waals surface area (Å²) in [5, 5.41) is 0. The van der Waals surface area contributed by atoms with E-state index in [-0.39, 0.29) is 21.2 Å². The summed E-state index contributed by atoms with van der Waals surface area (Å²) in [5.74, 6) is 0. The number of alkyl halides is 2. The third-order valence-electron chi connectivity index (χ3n) is 1.96. The fraction of sp³-hybridized carbons (Fsp3) is 0.857.